The zero-order valence-electron chi connectivity index (χ0n) is 16.7. The summed E-state index contributed by atoms with van der Waals surface area (Å²) in [6, 6.07) is 7.94. The van der Waals surface area contributed by atoms with Crippen molar-refractivity contribution in [3.05, 3.63) is 47.3 Å². The van der Waals surface area contributed by atoms with E-state index in [-0.39, 0.29) is 5.91 Å². The van der Waals surface area contributed by atoms with Gasteiger partial charge in [0.2, 0.25) is 5.95 Å². The number of carbonyl (C=O) groups excluding carboxylic acids is 1. The number of piperazine rings is 1. The molecule has 144 valence electrons. The van der Waals surface area contributed by atoms with Crippen LogP contribution in [-0.4, -0.2) is 58.4 Å². The third-order valence-corrected chi connectivity index (χ3v) is 5.15. The second kappa shape index (κ2) is 8.48. The summed E-state index contributed by atoms with van der Waals surface area (Å²) in [5.41, 5.74) is 3.81. The van der Waals surface area contributed by atoms with E-state index in [1.165, 1.54) is 5.56 Å². The van der Waals surface area contributed by atoms with Crippen LogP contribution in [0.4, 0.5) is 11.6 Å². The monoisotopic (exact) mass is 367 g/mol. The smallest absolute Gasteiger partial charge is 0.272 e. The molecule has 6 nitrogen and oxygen atoms in total. The molecular formula is C21H29N5O. The van der Waals surface area contributed by atoms with E-state index in [2.05, 4.69) is 66.1 Å². The number of anilines is 2. The molecule has 0 saturated carbocycles. The highest BCUT2D eigenvalue weighted by atomic mass is 16.2. The van der Waals surface area contributed by atoms with E-state index in [1.54, 1.807) is 12.3 Å². The number of benzene rings is 1. The Kier molecular flexibility index (Phi) is 6.06. The van der Waals surface area contributed by atoms with Crippen LogP contribution in [0.15, 0.2) is 30.5 Å². The van der Waals surface area contributed by atoms with Gasteiger partial charge in [-0.3, -0.25) is 4.79 Å². The Morgan fingerprint density at radius 1 is 1.19 bits per heavy atom. The first-order valence-corrected chi connectivity index (χ1v) is 9.70. The Morgan fingerprint density at radius 2 is 1.93 bits per heavy atom. The van der Waals surface area contributed by atoms with E-state index in [1.807, 2.05) is 4.90 Å². The van der Waals surface area contributed by atoms with E-state index >= 15 is 0 Å². The van der Waals surface area contributed by atoms with Crippen LogP contribution in [0.5, 0.6) is 0 Å². The average Bonchev–Trinajstić information content (AvgIpc) is 2.69. The minimum absolute atomic E-state index is 0.0231. The predicted molar refractivity (Wildman–Crippen MR) is 109 cm³/mol. The molecule has 6 heteroatoms. The fourth-order valence-corrected chi connectivity index (χ4v) is 3.42. The molecule has 1 aliphatic rings. The molecule has 0 spiro atoms. The number of para-hydroxylation sites is 1. The van der Waals surface area contributed by atoms with Gasteiger partial charge in [0.25, 0.3) is 5.91 Å². The number of nitrogens with zero attached hydrogens (tertiary/aromatic N) is 4. The van der Waals surface area contributed by atoms with Crippen molar-refractivity contribution < 1.29 is 4.79 Å². The Balaban J connectivity index is 1.78. The van der Waals surface area contributed by atoms with Crippen molar-refractivity contribution in [2.24, 2.45) is 0 Å². The van der Waals surface area contributed by atoms with Gasteiger partial charge in [-0.1, -0.05) is 39.0 Å². The second-order valence-electron chi connectivity index (χ2n) is 7.31. The van der Waals surface area contributed by atoms with Gasteiger partial charge in [-0.25, -0.2) is 9.97 Å². The van der Waals surface area contributed by atoms with E-state index in [4.69, 9.17) is 0 Å². The third kappa shape index (κ3) is 4.45. The number of hydrogen-bond acceptors (Lipinski definition) is 5. The van der Waals surface area contributed by atoms with E-state index in [0.29, 0.717) is 17.6 Å². The fourth-order valence-electron chi connectivity index (χ4n) is 3.42. The van der Waals surface area contributed by atoms with Crippen molar-refractivity contribution in [2.45, 2.75) is 33.6 Å². The highest BCUT2D eigenvalue weighted by Gasteiger charge is 2.22. The number of rotatable bonds is 5. The molecule has 0 atom stereocenters. The molecule has 0 bridgehead atoms. The molecule has 1 aromatic heterocycles. The highest BCUT2D eigenvalue weighted by Crippen LogP contribution is 2.29. The molecule has 2 aromatic rings. The molecule has 1 aliphatic heterocycles. The number of amides is 1. The molecule has 1 saturated heterocycles. The number of carbonyl (C=O) groups is 1. The van der Waals surface area contributed by atoms with Crippen LogP contribution in [-0.2, 0) is 0 Å². The molecular weight excluding hydrogens is 338 g/mol. The summed E-state index contributed by atoms with van der Waals surface area (Å²) in [5, 5.41) is 3.34. The third-order valence-electron chi connectivity index (χ3n) is 5.15. The first-order valence-electron chi connectivity index (χ1n) is 9.70. The maximum atomic E-state index is 12.8. The van der Waals surface area contributed by atoms with E-state index in [9.17, 15) is 4.79 Å². The summed E-state index contributed by atoms with van der Waals surface area (Å²) in [7, 11) is 0. The van der Waals surface area contributed by atoms with Crippen LogP contribution in [0.2, 0.25) is 0 Å². The first-order chi connectivity index (χ1) is 13.0. The van der Waals surface area contributed by atoms with Crippen LogP contribution in [0, 0.1) is 6.92 Å². The van der Waals surface area contributed by atoms with Gasteiger partial charge in [-0.05, 0) is 36.6 Å². The Hall–Kier alpha value is -2.47. The number of nitrogens with one attached hydrogen (secondary N) is 1. The quantitative estimate of drug-likeness (QED) is 0.877. The van der Waals surface area contributed by atoms with Gasteiger partial charge < -0.3 is 15.1 Å². The normalized spacial score (nSPS) is 15.2. The average molecular weight is 367 g/mol. The van der Waals surface area contributed by atoms with Crippen molar-refractivity contribution in [3.8, 4) is 0 Å². The summed E-state index contributed by atoms with van der Waals surface area (Å²) in [6.45, 7) is 12.9. The Labute approximate surface area is 161 Å². The first kappa shape index (κ1) is 19.3. The fraction of sp³-hybridized carbons (Fsp3) is 0.476. The topological polar surface area (TPSA) is 61.4 Å². The van der Waals surface area contributed by atoms with Gasteiger partial charge >= 0.3 is 0 Å². The lowest BCUT2D eigenvalue weighted by molar-refractivity contribution is 0.0637. The van der Waals surface area contributed by atoms with Crippen molar-refractivity contribution in [1.82, 2.24) is 19.8 Å². The minimum atomic E-state index is -0.0231. The summed E-state index contributed by atoms with van der Waals surface area (Å²) in [6.07, 6.45) is 1.65. The number of aromatic nitrogens is 2. The standard InChI is InChI=1S/C21H29N5O/c1-5-25-11-13-26(14-12-25)20(27)18-9-10-22-21(23-18)24-19-16(4)7-6-8-17(19)15(2)3/h6-10,15H,5,11-14H2,1-4H3,(H,22,23,24). The van der Waals surface area contributed by atoms with Crippen LogP contribution in [0.25, 0.3) is 0 Å². The maximum Gasteiger partial charge on any atom is 0.272 e. The summed E-state index contributed by atoms with van der Waals surface area (Å²) >= 11 is 0. The van der Waals surface area contributed by atoms with Gasteiger partial charge in [0.1, 0.15) is 5.69 Å². The summed E-state index contributed by atoms with van der Waals surface area (Å²) in [5.74, 6) is 0.821. The van der Waals surface area contributed by atoms with Crippen molar-refractivity contribution >= 4 is 17.5 Å². The molecule has 1 fully saturated rings. The predicted octanol–water partition coefficient (Wildman–Crippen LogP) is 3.43. The van der Waals surface area contributed by atoms with Crippen LogP contribution < -0.4 is 5.32 Å². The molecule has 0 radical (unpaired) electrons. The van der Waals surface area contributed by atoms with Gasteiger partial charge in [0.05, 0.1) is 0 Å². The van der Waals surface area contributed by atoms with Gasteiger partial charge in [0.15, 0.2) is 0 Å². The summed E-state index contributed by atoms with van der Waals surface area (Å²) < 4.78 is 0. The van der Waals surface area contributed by atoms with Crippen LogP contribution in [0.3, 0.4) is 0 Å². The van der Waals surface area contributed by atoms with E-state index in [0.717, 1.165) is 44.0 Å². The number of hydrogen-bond donors (Lipinski definition) is 1. The van der Waals surface area contributed by atoms with Gasteiger partial charge in [-0.2, -0.15) is 0 Å². The number of aryl methyl sites for hydroxylation is 1. The molecule has 1 aromatic carbocycles. The molecule has 27 heavy (non-hydrogen) atoms. The lowest BCUT2D eigenvalue weighted by Crippen LogP contribution is -2.48. The molecule has 1 N–H and O–H groups in total. The van der Waals surface area contributed by atoms with Gasteiger partial charge in [0, 0.05) is 38.1 Å². The minimum Gasteiger partial charge on any atom is -0.335 e. The number of likely N-dealkylation sites (N-methyl/N-ethyl adjacent to an activating group) is 1. The molecule has 1 amide bonds. The summed E-state index contributed by atoms with van der Waals surface area (Å²) in [4.78, 5) is 25.9. The van der Waals surface area contributed by atoms with Crippen LogP contribution in [0.1, 0.15) is 48.3 Å². The molecule has 0 aliphatic carbocycles. The maximum absolute atomic E-state index is 12.8. The van der Waals surface area contributed by atoms with Gasteiger partial charge in [-0.15, -0.1) is 0 Å². The van der Waals surface area contributed by atoms with Crippen molar-refractivity contribution in [3.63, 3.8) is 0 Å². The SMILES string of the molecule is CCN1CCN(C(=O)c2ccnc(Nc3c(C)cccc3C(C)C)n2)CC1. The van der Waals surface area contributed by atoms with Crippen molar-refractivity contribution in [1.29, 1.82) is 0 Å². The lowest BCUT2D eigenvalue weighted by atomic mass is 9.98. The zero-order chi connectivity index (χ0) is 19.4. The van der Waals surface area contributed by atoms with Crippen molar-refractivity contribution in [2.75, 3.05) is 38.0 Å². The molecule has 3 rings (SSSR count). The molecule has 2 heterocycles. The lowest BCUT2D eigenvalue weighted by Gasteiger charge is -2.33. The zero-order valence-corrected chi connectivity index (χ0v) is 16.7. The highest BCUT2D eigenvalue weighted by molar-refractivity contribution is 5.92. The van der Waals surface area contributed by atoms with Crippen LogP contribution >= 0.6 is 0 Å². The Morgan fingerprint density at radius 3 is 2.59 bits per heavy atom. The Bertz CT molecular complexity index is 797. The largest absolute Gasteiger partial charge is 0.335 e. The molecule has 0 unspecified atom stereocenters. The van der Waals surface area contributed by atoms with E-state index < -0.39 is 0 Å². The second-order valence-corrected chi connectivity index (χ2v) is 7.31.